The zero-order chi connectivity index (χ0) is 28.7. The topological polar surface area (TPSA) is 56.8 Å². The lowest BCUT2D eigenvalue weighted by Crippen LogP contribution is -2.67. The van der Waals surface area contributed by atoms with Crippen molar-refractivity contribution in [3.05, 3.63) is 96.6 Å². The predicted octanol–water partition coefficient (Wildman–Crippen LogP) is 6.17. The van der Waals surface area contributed by atoms with Gasteiger partial charge in [0.25, 0.3) is 8.32 Å². The van der Waals surface area contributed by atoms with Crippen LogP contribution in [0.4, 0.5) is 0 Å². The van der Waals surface area contributed by atoms with Gasteiger partial charge in [-0.05, 0) is 33.3 Å². The Morgan fingerprint density at radius 1 is 0.829 bits per heavy atom. The van der Waals surface area contributed by atoms with E-state index in [2.05, 4.69) is 86.9 Å². The summed E-state index contributed by atoms with van der Waals surface area (Å²) in [5.41, 5.74) is 4.37. The summed E-state index contributed by atoms with van der Waals surface area (Å²) in [7, 11) is -2.78. The third kappa shape index (κ3) is 6.83. The molecule has 2 aliphatic rings. The fourth-order valence-electron chi connectivity index (χ4n) is 6.80. The number of carbonyl (C=O) groups excluding carboxylic acids is 1. The van der Waals surface area contributed by atoms with E-state index in [-0.39, 0.29) is 23.0 Å². The molecule has 3 aromatic carbocycles. The lowest BCUT2D eigenvalue weighted by Gasteiger charge is -2.43. The molecule has 5 nitrogen and oxygen atoms in total. The van der Waals surface area contributed by atoms with Crippen molar-refractivity contribution in [3.63, 3.8) is 0 Å². The standard InChI is InChI=1S/C35H45NO4Si/c1-35(2,3)41(29-20-12-6-13-21-29,30-22-14-7-15-23-30)39-26-32-33(36-38-25-28-18-10-5-11-19-28)31(34(37)40-32)24-27-16-8-4-9-17-27/h5-7,10-15,18-23,27,31-33,36H,4,8-9,16-17,24-26H2,1-3H3/t31-,32+,33-/m0/s1. The highest BCUT2D eigenvalue weighted by Crippen LogP contribution is 2.39. The number of esters is 1. The van der Waals surface area contributed by atoms with Gasteiger partial charge >= 0.3 is 5.97 Å². The number of benzene rings is 3. The van der Waals surface area contributed by atoms with Crippen molar-refractivity contribution in [1.82, 2.24) is 5.48 Å². The average Bonchev–Trinajstić information content (AvgIpc) is 3.28. The number of cyclic esters (lactones) is 1. The van der Waals surface area contributed by atoms with Crippen molar-refractivity contribution in [1.29, 1.82) is 0 Å². The summed E-state index contributed by atoms with van der Waals surface area (Å²) in [5.74, 6) is 0.171. The van der Waals surface area contributed by atoms with Gasteiger partial charge in [-0.25, -0.2) is 0 Å². The van der Waals surface area contributed by atoms with Crippen LogP contribution in [0.15, 0.2) is 91.0 Å². The molecule has 5 rings (SSSR count). The van der Waals surface area contributed by atoms with Gasteiger partial charge in [0.15, 0.2) is 0 Å². The van der Waals surface area contributed by atoms with Crippen molar-refractivity contribution >= 4 is 24.7 Å². The maximum absolute atomic E-state index is 13.4. The molecule has 3 aromatic rings. The van der Waals surface area contributed by atoms with Crippen LogP contribution in [0.3, 0.4) is 0 Å². The van der Waals surface area contributed by atoms with E-state index in [0.29, 0.717) is 19.1 Å². The van der Waals surface area contributed by atoms with Crippen LogP contribution < -0.4 is 15.9 Å². The van der Waals surface area contributed by atoms with Gasteiger partial charge in [0.05, 0.1) is 25.2 Å². The van der Waals surface area contributed by atoms with Crippen LogP contribution in [0.25, 0.3) is 0 Å². The van der Waals surface area contributed by atoms with Gasteiger partial charge in [0, 0.05) is 0 Å². The summed E-state index contributed by atoms with van der Waals surface area (Å²) in [4.78, 5) is 19.4. The highest BCUT2D eigenvalue weighted by molar-refractivity contribution is 6.99. The van der Waals surface area contributed by atoms with E-state index < -0.39 is 14.4 Å². The Labute approximate surface area is 246 Å². The van der Waals surface area contributed by atoms with Crippen LogP contribution >= 0.6 is 0 Å². The van der Waals surface area contributed by atoms with Crippen LogP contribution in [-0.2, 0) is 25.4 Å². The minimum atomic E-state index is -2.78. The fourth-order valence-corrected chi connectivity index (χ4v) is 11.4. The number of hydrogen-bond acceptors (Lipinski definition) is 5. The molecule has 1 N–H and O–H groups in total. The van der Waals surface area contributed by atoms with Gasteiger partial charge in [0.2, 0.25) is 0 Å². The summed E-state index contributed by atoms with van der Waals surface area (Å²) < 4.78 is 13.3. The third-order valence-electron chi connectivity index (χ3n) is 8.90. The van der Waals surface area contributed by atoms with Crippen LogP contribution in [-0.4, -0.2) is 33.0 Å². The molecule has 0 spiro atoms. The Morgan fingerprint density at radius 3 is 1.95 bits per heavy atom. The molecule has 0 aromatic heterocycles. The number of carbonyl (C=O) groups is 1. The van der Waals surface area contributed by atoms with Gasteiger partial charge in [-0.1, -0.05) is 144 Å². The molecule has 6 heteroatoms. The van der Waals surface area contributed by atoms with Crippen LogP contribution in [0, 0.1) is 11.8 Å². The quantitative estimate of drug-likeness (QED) is 0.170. The van der Waals surface area contributed by atoms with E-state index in [1.54, 1.807) is 0 Å². The minimum absolute atomic E-state index is 0.132. The summed E-state index contributed by atoms with van der Waals surface area (Å²) in [6.45, 7) is 7.54. The third-order valence-corrected chi connectivity index (χ3v) is 13.9. The first kappa shape index (κ1) is 29.7. The van der Waals surface area contributed by atoms with Crippen LogP contribution in [0.5, 0.6) is 0 Å². The molecule has 0 amide bonds. The predicted molar refractivity (Wildman–Crippen MR) is 166 cm³/mol. The molecule has 1 saturated heterocycles. The molecular weight excluding hydrogens is 526 g/mol. The van der Waals surface area contributed by atoms with E-state index in [1.165, 1.54) is 42.5 Å². The molecule has 1 aliphatic heterocycles. The van der Waals surface area contributed by atoms with Crippen LogP contribution in [0.2, 0.25) is 5.04 Å². The molecule has 2 fully saturated rings. The molecule has 0 bridgehead atoms. The Morgan fingerprint density at radius 2 is 1.39 bits per heavy atom. The fraction of sp³-hybridized carbons (Fsp3) is 0.457. The van der Waals surface area contributed by atoms with E-state index >= 15 is 0 Å². The van der Waals surface area contributed by atoms with Gasteiger partial charge < -0.3 is 9.16 Å². The molecule has 41 heavy (non-hydrogen) atoms. The second-order valence-electron chi connectivity index (χ2n) is 12.7. The number of nitrogens with one attached hydrogen (secondary N) is 1. The Hall–Kier alpha value is -2.77. The molecular formula is C35H45NO4Si. The zero-order valence-electron chi connectivity index (χ0n) is 24.8. The minimum Gasteiger partial charge on any atom is -0.458 e. The molecule has 1 saturated carbocycles. The first-order chi connectivity index (χ1) is 19.9. The van der Waals surface area contributed by atoms with Crippen molar-refractivity contribution in [3.8, 4) is 0 Å². The maximum Gasteiger partial charge on any atom is 0.311 e. The summed E-state index contributed by atoms with van der Waals surface area (Å²) >= 11 is 0. The van der Waals surface area contributed by atoms with E-state index in [4.69, 9.17) is 14.0 Å². The lowest BCUT2D eigenvalue weighted by molar-refractivity contribution is -0.145. The van der Waals surface area contributed by atoms with E-state index in [9.17, 15) is 4.79 Å². The van der Waals surface area contributed by atoms with Crippen molar-refractivity contribution < 1.29 is 18.8 Å². The molecule has 3 atom stereocenters. The molecule has 0 radical (unpaired) electrons. The number of hydrogen-bond donors (Lipinski definition) is 1. The van der Waals surface area contributed by atoms with Gasteiger partial charge in [-0.15, -0.1) is 0 Å². The van der Waals surface area contributed by atoms with Gasteiger partial charge in [-0.3, -0.25) is 9.63 Å². The highest BCUT2D eigenvalue weighted by Gasteiger charge is 2.52. The molecule has 1 aliphatic carbocycles. The first-order valence-corrected chi connectivity index (χ1v) is 17.2. The van der Waals surface area contributed by atoms with Crippen molar-refractivity contribution in [2.75, 3.05) is 6.61 Å². The normalized spacial score (nSPS) is 22.0. The second kappa shape index (κ2) is 13.5. The Bertz CT molecular complexity index is 1190. The maximum atomic E-state index is 13.4. The number of rotatable bonds is 11. The largest absolute Gasteiger partial charge is 0.458 e. The summed E-state index contributed by atoms with van der Waals surface area (Å²) in [5, 5.41) is 2.27. The lowest BCUT2D eigenvalue weighted by atomic mass is 9.80. The number of ether oxygens (including phenoxy) is 1. The highest BCUT2D eigenvalue weighted by atomic mass is 28.4. The smallest absolute Gasteiger partial charge is 0.311 e. The monoisotopic (exact) mass is 571 g/mol. The number of hydroxylamine groups is 1. The summed E-state index contributed by atoms with van der Waals surface area (Å²) in [6.07, 6.45) is 6.55. The Balaban J connectivity index is 1.41. The SMILES string of the molecule is CC(C)(C)[Si](OC[C@H]1OC(=O)[C@@H](CC2CCCCC2)[C@@H]1NOCc1ccccc1)(c1ccccc1)c1ccccc1. The van der Waals surface area contributed by atoms with E-state index in [0.717, 1.165) is 12.0 Å². The zero-order valence-corrected chi connectivity index (χ0v) is 25.8. The Kier molecular flexibility index (Phi) is 9.76. The van der Waals surface area contributed by atoms with Crippen molar-refractivity contribution in [2.45, 2.75) is 83.1 Å². The summed E-state index contributed by atoms with van der Waals surface area (Å²) in [6, 6.07) is 31.0. The first-order valence-electron chi connectivity index (χ1n) is 15.3. The van der Waals surface area contributed by atoms with E-state index in [1.807, 2.05) is 30.3 Å². The molecule has 1 heterocycles. The second-order valence-corrected chi connectivity index (χ2v) is 17.0. The van der Waals surface area contributed by atoms with Gasteiger partial charge in [-0.2, -0.15) is 5.48 Å². The molecule has 0 unspecified atom stereocenters. The van der Waals surface area contributed by atoms with Crippen molar-refractivity contribution in [2.24, 2.45) is 11.8 Å². The van der Waals surface area contributed by atoms with Crippen LogP contribution in [0.1, 0.15) is 64.9 Å². The average molecular weight is 572 g/mol. The van der Waals surface area contributed by atoms with Gasteiger partial charge in [0.1, 0.15) is 6.10 Å². The molecule has 218 valence electrons.